The third kappa shape index (κ3) is 3.51. The molecule has 78 valence electrons. The Morgan fingerprint density at radius 2 is 2.14 bits per heavy atom. The minimum atomic E-state index is -0.968. The molecule has 0 fully saturated rings. The number of hydrogen-bond acceptors (Lipinski definition) is 4. The standard InChI is InChI=1S/C8H14N4O2/c1-8(2,3)4-6-9-11-12(10-6)5-7(13)14/h4-5H2,1-3H3,(H,13,14). The molecule has 0 bridgehead atoms. The summed E-state index contributed by atoms with van der Waals surface area (Å²) in [6, 6.07) is 0. The van der Waals surface area contributed by atoms with Gasteiger partial charge >= 0.3 is 5.97 Å². The molecule has 1 aromatic rings. The summed E-state index contributed by atoms with van der Waals surface area (Å²) in [5.74, 6) is -0.386. The van der Waals surface area contributed by atoms with Crippen LogP contribution in [0, 0.1) is 5.41 Å². The Morgan fingerprint density at radius 3 is 2.64 bits per heavy atom. The van der Waals surface area contributed by atoms with Crippen LogP contribution in [0.5, 0.6) is 0 Å². The van der Waals surface area contributed by atoms with E-state index in [4.69, 9.17) is 5.11 Å². The zero-order valence-corrected chi connectivity index (χ0v) is 8.56. The topological polar surface area (TPSA) is 80.9 Å². The molecule has 14 heavy (non-hydrogen) atoms. The molecule has 0 saturated carbocycles. The van der Waals surface area contributed by atoms with E-state index in [9.17, 15) is 4.79 Å². The highest BCUT2D eigenvalue weighted by Crippen LogP contribution is 2.17. The second-order valence-electron chi connectivity index (χ2n) is 4.37. The third-order valence-corrected chi connectivity index (χ3v) is 1.46. The molecule has 0 atom stereocenters. The fraction of sp³-hybridized carbons (Fsp3) is 0.750. The molecule has 0 amide bonds. The van der Waals surface area contributed by atoms with Crippen molar-refractivity contribution in [2.45, 2.75) is 33.7 Å². The van der Waals surface area contributed by atoms with Crippen molar-refractivity contribution in [1.82, 2.24) is 20.2 Å². The smallest absolute Gasteiger partial charge is 0.327 e. The lowest BCUT2D eigenvalue weighted by Gasteiger charge is -2.14. The predicted octanol–water partition coefficient (Wildman–Crippen LogP) is 0.346. The molecule has 0 unspecified atom stereocenters. The molecule has 0 aliphatic rings. The summed E-state index contributed by atoms with van der Waals surface area (Å²) in [4.78, 5) is 11.4. The molecule has 0 spiro atoms. The quantitative estimate of drug-likeness (QED) is 0.757. The van der Waals surface area contributed by atoms with Gasteiger partial charge in [0.1, 0.15) is 0 Å². The summed E-state index contributed by atoms with van der Waals surface area (Å²) < 4.78 is 0. The normalized spacial score (nSPS) is 11.6. The first-order valence-electron chi connectivity index (χ1n) is 4.35. The van der Waals surface area contributed by atoms with Gasteiger partial charge in [-0.05, 0) is 10.6 Å². The van der Waals surface area contributed by atoms with Crippen molar-refractivity contribution in [2.24, 2.45) is 5.41 Å². The number of tetrazole rings is 1. The van der Waals surface area contributed by atoms with Gasteiger partial charge in [0.2, 0.25) is 0 Å². The number of rotatable bonds is 3. The first-order valence-corrected chi connectivity index (χ1v) is 4.35. The second-order valence-corrected chi connectivity index (χ2v) is 4.37. The van der Waals surface area contributed by atoms with Crippen LogP contribution in [0.4, 0.5) is 0 Å². The van der Waals surface area contributed by atoms with Crippen LogP contribution in [-0.4, -0.2) is 31.3 Å². The van der Waals surface area contributed by atoms with Gasteiger partial charge in [-0.2, -0.15) is 4.80 Å². The molecule has 6 nitrogen and oxygen atoms in total. The van der Waals surface area contributed by atoms with Crippen molar-refractivity contribution >= 4 is 5.97 Å². The van der Waals surface area contributed by atoms with Crippen molar-refractivity contribution in [3.05, 3.63) is 5.82 Å². The maximum atomic E-state index is 10.3. The fourth-order valence-electron chi connectivity index (χ4n) is 1.01. The summed E-state index contributed by atoms with van der Waals surface area (Å²) in [7, 11) is 0. The van der Waals surface area contributed by atoms with Crippen LogP contribution in [0.3, 0.4) is 0 Å². The molecule has 6 heteroatoms. The van der Waals surface area contributed by atoms with Gasteiger partial charge in [-0.1, -0.05) is 20.8 Å². The molecular weight excluding hydrogens is 184 g/mol. The summed E-state index contributed by atoms with van der Waals surface area (Å²) in [6.45, 7) is 5.94. The Kier molecular flexibility index (Phi) is 2.83. The van der Waals surface area contributed by atoms with Gasteiger partial charge in [0.05, 0.1) is 0 Å². The van der Waals surface area contributed by atoms with Gasteiger partial charge in [-0.15, -0.1) is 10.2 Å². The second kappa shape index (κ2) is 3.73. The van der Waals surface area contributed by atoms with Crippen LogP contribution in [0.2, 0.25) is 0 Å². The van der Waals surface area contributed by atoms with E-state index in [0.717, 1.165) is 4.80 Å². The first-order chi connectivity index (χ1) is 6.37. The van der Waals surface area contributed by atoms with Gasteiger partial charge in [0.25, 0.3) is 0 Å². The van der Waals surface area contributed by atoms with Crippen LogP contribution >= 0.6 is 0 Å². The SMILES string of the molecule is CC(C)(C)Cc1nnn(CC(=O)O)n1. The Balaban J connectivity index is 2.64. The molecule has 1 heterocycles. The van der Waals surface area contributed by atoms with E-state index < -0.39 is 5.97 Å². The summed E-state index contributed by atoms with van der Waals surface area (Å²) >= 11 is 0. The van der Waals surface area contributed by atoms with Gasteiger partial charge < -0.3 is 5.11 Å². The molecular formula is C8H14N4O2. The molecule has 1 aromatic heterocycles. The Hall–Kier alpha value is -1.46. The number of carbonyl (C=O) groups is 1. The maximum Gasteiger partial charge on any atom is 0.327 e. The lowest BCUT2D eigenvalue weighted by molar-refractivity contribution is -0.138. The highest BCUT2D eigenvalue weighted by Gasteiger charge is 2.15. The number of hydrogen-bond donors (Lipinski definition) is 1. The number of aromatic nitrogens is 4. The highest BCUT2D eigenvalue weighted by atomic mass is 16.4. The minimum absolute atomic E-state index is 0.0804. The summed E-state index contributed by atoms with van der Waals surface area (Å²) in [5, 5.41) is 19.8. The average molecular weight is 198 g/mol. The molecule has 0 saturated heterocycles. The highest BCUT2D eigenvalue weighted by molar-refractivity contribution is 5.66. The van der Waals surface area contributed by atoms with Gasteiger partial charge in [-0.25, -0.2) is 0 Å². The van der Waals surface area contributed by atoms with E-state index in [1.165, 1.54) is 0 Å². The molecule has 0 aliphatic heterocycles. The minimum Gasteiger partial charge on any atom is -0.480 e. The monoisotopic (exact) mass is 198 g/mol. The Morgan fingerprint density at radius 1 is 1.50 bits per heavy atom. The third-order valence-electron chi connectivity index (χ3n) is 1.46. The van der Waals surface area contributed by atoms with E-state index >= 15 is 0 Å². The zero-order valence-electron chi connectivity index (χ0n) is 8.56. The van der Waals surface area contributed by atoms with Crippen LogP contribution in [0.15, 0.2) is 0 Å². The lowest BCUT2D eigenvalue weighted by Crippen LogP contribution is -2.13. The van der Waals surface area contributed by atoms with Crippen LogP contribution in [-0.2, 0) is 17.8 Å². The fourth-order valence-corrected chi connectivity index (χ4v) is 1.01. The van der Waals surface area contributed by atoms with Gasteiger partial charge in [0, 0.05) is 6.42 Å². The molecule has 0 aromatic carbocycles. The maximum absolute atomic E-state index is 10.3. The number of aliphatic carboxylic acids is 1. The van der Waals surface area contributed by atoms with Crippen LogP contribution < -0.4 is 0 Å². The predicted molar refractivity (Wildman–Crippen MR) is 48.6 cm³/mol. The van der Waals surface area contributed by atoms with Gasteiger partial charge in [0.15, 0.2) is 12.4 Å². The number of carboxylic acids is 1. The molecule has 1 N–H and O–H groups in total. The average Bonchev–Trinajstić information content (AvgIpc) is 2.30. The molecule has 1 rings (SSSR count). The summed E-state index contributed by atoms with van der Waals surface area (Å²) in [5.41, 5.74) is 0.0804. The van der Waals surface area contributed by atoms with Crippen molar-refractivity contribution < 1.29 is 9.90 Å². The van der Waals surface area contributed by atoms with E-state index in [-0.39, 0.29) is 12.0 Å². The molecule has 0 aliphatic carbocycles. The number of carboxylic acid groups (broad SMARTS) is 1. The van der Waals surface area contributed by atoms with E-state index in [1.54, 1.807) is 0 Å². The molecule has 0 radical (unpaired) electrons. The largest absolute Gasteiger partial charge is 0.480 e. The van der Waals surface area contributed by atoms with Crippen molar-refractivity contribution in [2.75, 3.05) is 0 Å². The van der Waals surface area contributed by atoms with Crippen LogP contribution in [0.1, 0.15) is 26.6 Å². The van der Waals surface area contributed by atoms with E-state index in [0.29, 0.717) is 12.2 Å². The van der Waals surface area contributed by atoms with Crippen molar-refractivity contribution in [1.29, 1.82) is 0 Å². The van der Waals surface area contributed by atoms with E-state index in [2.05, 4.69) is 36.2 Å². The zero-order chi connectivity index (χ0) is 10.8. The van der Waals surface area contributed by atoms with Crippen molar-refractivity contribution in [3.8, 4) is 0 Å². The number of nitrogens with zero attached hydrogens (tertiary/aromatic N) is 4. The first kappa shape index (κ1) is 10.6. The Labute approximate surface area is 81.9 Å². The van der Waals surface area contributed by atoms with E-state index in [1.807, 2.05) is 0 Å². The lowest BCUT2D eigenvalue weighted by atomic mass is 9.92. The van der Waals surface area contributed by atoms with Crippen LogP contribution in [0.25, 0.3) is 0 Å². The Bertz CT molecular complexity index is 326. The summed E-state index contributed by atoms with van der Waals surface area (Å²) in [6.07, 6.45) is 0.687. The van der Waals surface area contributed by atoms with Crippen molar-refractivity contribution in [3.63, 3.8) is 0 Å². The van der Waals surface area contributed by atoms with Gasteiger partial charge in [-0.3, -0.25) is 4.79 Å².